The van der Waals surface area contributed by atoms with Gasteiger partial charge in [-0.25, -0.2) is 4.39 Å². The fraction of sp³-hybridized carbons (Fsp3) is 0.364. The average Bonchev–Trinajstić information content (AvgIpc) is 3.04. The Balaban J connectivity index is 1.64. The summed E-state index contributed by atoms with van der Waals surface area (Å²) in [6.07, 6.45) is 4.42. The molecule has 0 spiro atoms. The number of hydrogen-bond donors (Lipinski definition) is 1. The molecule has 0 amide bonds. The first kappa shape index (κ1) is 17.7. The van der Waals surface area contributed by atoms with Crippen molar-refractivity contribution in [1.29, 1.82) is 0 Å². The van der Waals surface area contributed by atoms with Crippen LogP contribution in [-0.4, -0.2) is 20.9 Å². The van der Waals surface area contributed by atoms with E-state index in [1.807, 2.05) is 17.9 Å². The van der Waals surface area contributed by atoms with Gasteiger partial charge < -0.3 is 5.11 Å². The second-order valence-corrected chi connectivity index (χ2v) is 7.66. The fourth-order valence-corrected chi connectivity index (χ4v) is 4.58. The first-order valence-corrected chi connectivity index (χ1v) is 9.33. The number of halogens is 1. The van der Waals surface area contributed by atoms with Crippen molar-refractivity contribution in [1.82, 2.24) is 9.78 Å². The Labute approximate surface area is 157 Å². The molecule has 1 aliphatic carbocycles. The highest BCUT2D eigenvalue weighted by molar-refractivity contribution is 5.82. The summed E-state index contributed by atoms with van der Waals surface area (Å²) < 4.78 is 15.9. The predicted molar refractivity (Wildman–Crippen MR) is 102 cm³/mol. The smallest absolute Gasteiger partial charge is 0.314 e. The van der Waals surface area contributed by atoms with Crippen molar-refractivity contribution in [3.63, 3.8) is 0 Å². The van der Waals surface area contributed by atoms with Crippen molar-refractivity contribution in [2.75, 3.05) is 0 Å². The number of carbonyl (C=O) groups is 1. The van der Waals surface area contributed by atoms with Gasteiger partial charge in [0.15, 0.2) is 0 Å². The maximum Gasteiger partial charge on any atom is 0.314 e. The standard InChI is InChI=1S/C22H23FN2O2/c1-14-18(4-3-5-19(14)23)22(21(26)27)10-8-15(9-11-22)16-6-7-17-13-24-25(2)20(17)12-16/h3-7,12-13,15H,8-11H2,1-2H3,(H,26,27)/t15-,22-. The number of fused-ring (bicyclic) bond motifs is 1. The van der Waals surface area contributed by atoms with Crippen molar-refractivity contribution in [2.24, 2.45) is 7.05 Å². The number of carboxylic acid groups (broad SMARTS) is 1. The highest BCUT2D eigenvalue weighted by Crippen LogP contribution is 2.46. The number of nitrogens with zero attached hydrogens (tertiary/aromatic N) is 2. The third kappa shape index (κ3) is 2.82. The second-order valence-electron chi connectivity index (χ2n) is 7.66. The number of rotatable bonds is 3. The van der Waals surface area contributed by atoms with E-state index >= 15 is 0 Å². The fourth-order valence-electron chi connectivity index (χ4n) is 4.58. The Bertz CT molecular complexity index is 1020. The van der Waals surface area contributed by atoms with Gasteiger partial charge in [0.05, 0.1) is 17.1 Å². The van der Waals surface area contributed by atoms with Crippen LogP contribution >= 0.6 is 0 Å². The van der Waals surface area contributed by atoms with Crippen LogP contribution in [0.25, 0.3) is 10.9 Å². The normalized spacial score (nSPS) is 22.9. The minimum atomic E-state index is -1.00. The maximum absolute atomic E-state index is 14.1. The molecule has 0 unspecified atom stereocenters. The zero-order chi connectivity index (χ0) is 19.2. The predicted octanol–water partition coefficient (Wildman–Crippen LogP) is 4.70. The monoisotopic (exact) mass is 366 g/mol. The molecule has 0 radical (unpaired) electrons. The molecule has 1 saturated carbocycles. The summed E-state index contributed by atoms with van der Waals surface area (Å²) in [5.74, 6) is -0.876. The SMILES string of the molecule is Cc1c(F)cccc1[C@]1(C(=O)O)CC[C@H](c2ccc3cnn(C)c3c2)CC1. The van der Waals surface area contributed by atoms with Crippen LogP contribution < -0.4 is 0 Å². The molecule has 0 atom stereocenters. The molecule has 1 heterocycles. The third-order valence-electron chi connectivity index (χ3n) is 6.28. The lowest BCUT2D eigenvalue weighted by molar-refractivity contribution is -0.145. The molecule has 1 aliphatic rings. The first-order chi connectivity index (χ1) is 12.9. The van der Waals surface area contributed by atoms with Crippen LogP contribution in [-0.2, 0) is 17.3 Å². The van der Waals surface area contributed by atoms with E-state index in [0.29, 0.717) is 29.9 Å². The summed E-state index contributed by atoms with van der Waals surface area (Å²) in [5, 5.41) is 15.4. The van der Waals surface area contributed by atoms with Gasteiger partial charge in [0.1, 0.15) is 5.82 Å². The van der Waals surface area contributed by atoms with Crippen LogP contribution in [0.2, 0.25) is 0 Å². The van der Waals surface area contributed by atoms with Crippen LogP contribution in [0.4, 0.5) is 4.39 Å². The minimum Gasteiger partial charge on any atom is -0.481 e. The highest BCUT2D eigenvalue weighted by Gasteiger charge is 2.44. The Morgan fingerprint density at radius 2 is 2.00 bits per heavy atom. The number of aliphatic carboxylic acids is 1. The Kier molecular flexibility index (Phi) is 4.25. The molecular formula is C22H23FN2O2. The van der Waals surface area contributed by atoms with Gasteiger partial charge in [0.25, 0.3) is 0 Å². The molecule has 1 N–H and O–H groups in total. The second kappa shape index (κ2) is 6.48. The van der Waals surface area contributed by atoms with Crippen LogP contribution in [0.15, 0.2) is 42.6 Å². The van der Waals surface area contributed by atoms with Gasteiger partial charge in [-0.05, 0) is 67.3 Å². The first-order valence-electron chi connectivity index (χ1n) is 9.33. The molecule has 1 aromatic heterocycles. The molecule has 4 nitrogen and oxygen atoms in total. The minimum absolute atomic E-state index is 0.311. The van der Waals surface area contributed by atoms with E-state index in [4.69, 9.17) is 0 Å². The highest BCUT2D eigenvalue weighted by atomic mass is 19.1. The maximum atomic E-state index is 14.1. The molecule has 5 heteroatoms. The van der Waals surface area contributed by atoms with Crippen molar-refractivity contribution in [2.45, 2.75) is 43.9 Å². The third-order valence-corrected chi connectivity index (χ3v) is 6.28. The van der Waals surface area contributed by atoms with Gasteiger partial charge >= 0.3 is 5.97 Å². The van der Waals surface area contributed by atoms with Crippen molar-refractivity contribution in [3.8, 4) is 0 Å². The molecule has 1 fully saturated rings. The Morgan fingerprint density at radius 3 is 2.70 bits per heavy atom. The lowest BCUT2D eigenvalue weighted by Crippen LogP contribution is -2.40. The van der Waals surface area contributed by atoms with E-state index in [2.05, 4.69) is 23.3 Å². The van der Waals surface area contributed by atoms with Gasteiger partial charge in [-0.3, -0.25) is 9.48 Å². The summed E-state index contributed by atoms with van der Waals surface area (Å²) in [7, 11) is 1.93. The Hall–Kier alpha value is -2.69. The van der Waals surface area contributed by atoms with Gasteiger partial charge in [-0.15, -0.1) is 0 Å². The van der Waals surface area contributed by atoms with E-state index in [0.717, 1.165) is 23.7 Å². The topological polar surface area (TPSA) is 55.1 Å². The molecule has 0 bridgehead atoms. The molecule has 0 saturated heterocycles. The van der Waals surface area contributed by atoms with E-state index in [1.165, 1.54) is 11.6 Å². The van der Waals surface area contributed by atoms with Gasteiger partial charge in [0.2, 0.25) is 0 Å². The van der Waals surface area contributed by atoms with Gasteiger partial charge in [0, 0.05) is 12.4 Å². The quantitative estimate of drug-likeness (QED) is 0.731. The van der Waals surface area contributed by atoms with Crippen LogP contribution in [0, 0.1) is 12.7 Å². The zero-order valence-corrected chi connectivity index (χ0v) is 15.6. The number of benzene rings is 2. The van der Waals surface area contributed by atoms with E-state index in [1.54, 1.807) is 19.1 Å². The van der Waals surface area contributed by atoms with Crippen LogP contribution in [0.5, 0.6) is 0 Å². The van der Waals surface area contributed by atoms with Crippen molar-refractivity contribution in [3.05, 3.63) is 65.1 Å². The number of hydrogen-bond acceptors (Lipinski definition) is 2. The largest absolute Gasteiger partial charge is 0.481 e. The van der Waals surface area contributed by atoms with E-state index in [9.17, 15) is 14.3 Å². The number of aryl methyl sites for hydroxylation is 1. The molecule has 2 aromatic carbocycles. The average molecular weight is 366 g/mol. The molecule has 4 rings (SSSR count). The summed E-state index contributed by atoms with van der Waals surface area (Å²) in [6.45, 7) is 1.68. The van der Waals surface area contributed by atoms with Crippen LogP contribution in [0.3, 0.4) is 0 Å². The van der Waals surface area contributed by atoms with Gasteiger partial charge in [-0.1, -0.05) is 24.3 Å². The number of carboxylic acids is 1. The molecule has 27 heavy (non-hydrogen) atoms. The lowest BCUT2D eigenvalue weighted by atomic mass is 9.64. The van der Waals surface area contributed by atoms with E-state index < -0.39 is 11.4 Å². The summed E-state index contributed by atoms with van der Waals surface area (Å²) in [6, 6.07) is 11.1. The summed E-state index contributed by atoms with van der Waals surface area (Å²) in [5.41, 5.74) is 2.38. The molecular weight excluding hydrogens is 343 g/mol. The van der Waals surface area contributed by atoms with Crippen molar-refractivity contribution < 1.29 is 14.3 Å². The van der Waals surface area contributed by atoms with Gasteiger partial charge in [-0.2, -0.15) is 5.10 Å². The van der Waals surface area contributed by atoms with Crippen LogP contribution in [0.1, 0.15) is 48.3 Å². The Morgan fingerprint density at radius 1 is 1.26 bits per heavy atom. The van der Waals surface area contributed by atoms with Crippen molar-refractivity contribution >= 4 is 16.9 Å². The molecule has 3 aromatic rings. The zero-order valence-electron chi connectivity index (χ0n) is 15.6. The van der Waals surface area contributed by atoms with E-state index in [-0.39, 0.29) is 5.82 Å². The lowest BCUT2D eigenvalue weighted by Gasteiger charge is -2.38. The molecule has 140 valence electrons. The molecule has 0 aliphatic heterocycles. The summed E-state index contributed by atoms with van der Waals surface area (Å²) in [4.78, 5) is 12.2. The number of aromatic nitrogens is 2. The summed E-state index contributed by atoms with van der Waals surface area (Å²) >= 11 is 0.